The third kappa shape index (κ3) is 3.01. The van der Waals surface area contributed by atoms with Gasteiger partial charge in [-0.1, -0.05) is 6.92 Å². The molecule has 1 unspecified atom stereocenters. The number of rotatable bonds is 5. The molecule has 0 aromatic heterocycles. The van der Waals surface area contributed by atoms with Crippen molar-refractivity contribution in [2.24, 2.45) is 0 Å². The Bertz CT molecular complexity index is 400. The van der Waals surface area contributed by atoms with E-state index in [2.05, 4.69) is 30.6 Å². The summed E-state index contributed by atoms with van der Waals surface area (Å²) in [6, 6.07) is 5.17. The van der Waals surface area contributed by atoms with Gasteiger partial charge >= 0.3 is 0 Å². The highest BCUT2D eigenvalue weighted by atomic mass is 32.2. The summed E-state index contributed by atoms with van der Waals surface area (Å²) in [6.07, 6.45) is 6.89. The van der Waals surface area contributed by atoms with Crippen molar-refractivity contribution < 1.29 is 4.74 Å². The second-order valence-corrected chi connectivity index (χ2v) is 5.67. The lowest BCUT2D eigenvalue weighted by molar-refractivity contribution is 0.405. The zero-order chi connectivity index (χ0) is 13.0. The van der Waals surface area contributed by atoms with Crippen molar-refractivity contribution in [3.8, 4) is 5.75 Å². The topological polar surface area (TPSA) is 21.3 Å². The van der Waals surface area contributed by atoms with Crippen LogP contribution in [0.1, 0.15) is 30.9 Å². The van der Waals surface area contributed by atoms with Crippen molar-refractivity contribution in [1.82, 2.24) is 5.32 Å². The summed E-state index contributed by atoms with van der Waals surface area (Å²) in [4.78, 5) is 1.39. The molecule has 1 heterocycles. The summed E-state index contributed by atoms with van der Waals surface area (Å²) >= 11 is 1.84. The van der Waals surface area contributed by atoms with Crippen LogP contribution in [0, 0.1) is 0 Å². The monoisotopic (exact) mass is 265 g/mol. The molecule has 0 spiro atoms. The summed E-state index contributed by atoms with van der Waals surface area (Å²) in [5, 5.41) is 3.56. The molecule has 1 fully saturated rings. The van der Waals surface area contributed by atoms with Crippen molar-refractivity contribution in [3.05, 3.63) is 23.3 Å². The van der Waals surface area contributed by atoms with Gasteiger partial charge in [0.05, 0.1) is 7.11 Å². The zero-order valence-electron chi connectivity index (χ0n) is 11.6. The molecule has 0 bridgehead atoms. The Kier molecular flexibility index (Phi) is 4.95. The van der Waals surface area contributed by atoms with Crippen molar-refractivity contribution in [2.75, 3.05) is 19.9 Å². The Balaban J connectivity index is 2.26. The fraction of sp³-hybridized carbons (Fsp3) is 0.600. The summed E-state index contributed by atoms with van der Waals surface area (Å²) < 4.78 is 5.56. The molecular weight excluding hydrogens is 242 g/mol. The number of thioether (sulfide) groups is 1. The maximum atomic E-state index is 5.56. The molecule has 2 nitrogen and oxygen atoms in total. The predicted molar refractivity (Wildman–Crippen MR) is 78.9 cm³/mol. The largest absolute Gasteiger partial charge is 0.496 e. The summed E-state index contributed by atoms with van der Waals surface area (Å²) in [5.74, 6) is 1.05. The first-order valence-electron chi connectivity index (χ1n) is 6.75. The van der Waals surface area contributed by atoms with E-state index in [0.29, 0.717) is 6.04 Å². The quantitative estimate of drug-likeness (QED) is 0.826. The van der Waals surface area contributed by atoms with Crippen LogP contribution in [-0.4, -0.2) is 26.0 Å². The Labute approximate surface area is 114 Å². The van der Waals surface area contributed by atoms with Gasteiger partial charge in [0.1, 0.15) is 5.75 Å². The van der Waals surface area contributed by atoms with Crippen LogP contribution in [0.2, 0.25) is 0 Å². The number of aryl methyl sites for hydroxylation is 1. The average molecular weight is 265 g/mol. The maximum absolute atomic E-state index is 5.56. The first-order chi connectivity index (χ1) is 8.78. The molecule has 1 aliphatic rings. The van der Waals surface area contributed by atoms with Crippen molar-refractivity contribution in [1.29, 1.82) is 0 Å². The second-order valence-electron chi connectivity index (χ2n) is 4.83. The van der Waals surface area contributed by atoms with Gasteiger partial charge in [-0.2, -0.15) is 0 Å². The minimum absolute atomic E-state index is 0.626. The highest BCUT2D eigenvalue weighted by Gasteiger charge is 2.17. The Morgan fingerprint density at radius 3 is 2.78 bits per heavy atom. The molecule has 0 saturated carbocycles. The minimum Gasteiger partial charge on any atom is -0.496 e. The van der Waals surface area contributed by atoms with Gasteiger partial charge in [-0.05, 0) is 61.7 Å². The highest BCUT2D eigenvalue weighted by Crippen LogP contribution is 2.31. The first-order valence-corrected chi connectivity index (χ1v) is 7.98. The molecule has 1 N–H and O–H groups in total. The molecule has 1 saturated heterocycles. The number of nitrogens with one attached hydrogen (secondary N) is 1. The van der Waals surface area contributed by atoms with Crippen LogP contribution in [0.3, 0.4) is 0 Å². The molecule has 1 aromatic rings. The van der Waals surface area contributed by atoms with Gasteiger partial charge in [-0.15, -0.1) is 11.8 Å². The van der Waals surface area contributed by atoms with E-state index in [1.165, 1.54) is 28.9 Å². The number of benzene rings is 1. The molecule has 0 aliphatic carbocycles. The lowest BCUT2D eigenvalue weighted by atomic mass is 10.0. The molecule has 1 aliphatic heterocycles. The lowest BCUT2D eigenvalue weighted by Gasteiger charge is -2.16. The summed E-state index contributed by atoms with van der Waals surface area (Å²) in [6.45, 7) is 3.36. The van der Waals surface area contributed by atoms with E-state index in [1.54, 1.807) is 7.11 Å². The fourth-order valence-electron chi connectivity index (χ4n) is 2.66. The average Bonchev–Trinajstić information content (AvgIpc) is 2.91. The van der Waals surface area contributed by atoms with Crippen LogP contribution in [0.5, 0.6) is 5.75 Å². The fourth-order valence-corrected chi connectivity index (χ4v) is 3.38. The van der Waals surface area contributed by atoms with Crippen LogP contribution in [0.4, 0.5) is 0 Å². The smallest absolute Gasteiger partial charge is 0.122 e. The van der Waals surface area contributed by atoms with E-state index in [9.17, 15) is 0 Å². The van der Waals surface area contributed by atoms with E-state index in [1.807, 2.05) is 11.8 Å². The molecule has 1 aromatic carbocycles. The molecule has 2 rings (SSSR count). The minimum atomic E-state index is 0.626. The van der Waals surface area contributed by atoms with Crippen molar-refractivity contribution >= 4 is 11.8 Å². The summed E-state index contributed by atoms with van der Waals surface area (Å²) in [7, 11) is 1.78. The number of hydrogen-bond acceptors (Lipinski definition) is 3. The maximum Gasteiger partial charge on any atom is 0.122 e. The number of methoxy groups -OCH3 is 1. The van der Waals surface area contributed by atoms with Crippen LogP contribution in [0.15, 0.2) is 17.0 Å². The molecule has 0 amide bonds. The van der Waals surface area contributed by atoms with Gasteiger partial charge in [-0.3, -0.25) is 0 Å². The summed E-state index contributed by atoms with van der Waals surface area (Å²) in [5.41, 5.74) is 2.74. The second kappa shape index (κ2) is 6.48. The molecule has 18 heavy (non-hydrogen) atoms. The molecule has 1 atom stereocenters. The first kappa shape index (κ1) is 13.8. The molecular formula is C15H23NOS. The van der Waals surface area contributed by atoms with E-state index in [0.717, 1.165) is 25.1 Å². The zero-order valence-corrected chi connectivity index (χ0v) is 12.4. The van der Waals surface area contributed by atoms with Crippen molar-refractivity contribution in [2.45, 2.75) is 43.5 Å². The molecule has 3 heteroatoms. The van der Waals surface area contributed by atoms with Gasteiger partial charge < -0.3 is 10.1 Å². The van der Waals surface area contributed by atoms with Gasteiger partial charge in [0.2, 0.25) is 0 Å². The van der Waals surface area contributed by atoms with E-state index in [-0.39, 0.29) is 0 Å². The predicted octanol–water partition coefficient (Wildman–Crippen LogP) is 3.27. The SMILES string of the molecule is CCc1cc(OC)c(CC2CCCN2)cc1SC. The van der Waals surface area contributed by atoms with E-state index < -0.39 is 0 Å². The van der Waals surface area contributed by atoms with Crippen LogP contribution >= 0.6 is 11.8 Å². The van der Waals surface area contributed by atoms with Gasteiger partial charge in [-0.25, -0.2) is 0 Å². The highest BCUT2D eigenvalue weighted by molar-refractivity contribution is 7.98. The number of hydrogen-bond donors (Lipinski definition) is 1. The van der Waals surface area contributed by atoms with Crippen LogP contribution in [0.25, 0.3) is 0 Å². The van der Waals surface area contributed by atoms with Gasteiger partial charge in [0.15, 0.2) is 0 Å². The lowest BCUT2D eigenvalue weighted by Crippen LogP contribution is -2.23. The van der Waals surface area contributed by atoms with Crippen LogP contribution < -0.4 is 10.1 Å². The normalized spacial score (nSPS) is 19.2. The Morgan fingerprint density at radius 2 is 2.22 bits per heavy atom. The Morgan fingerprint density at radius 1 is 1.39 bits per heavy atom. The van der Waals surface area contributed by atoms with Gasteiger partial charge in [0.25, 0.3) is 0 Å². The number of ether oxygens (including phenoxy) is 1. The standard InChI is InChI=1S/C15H23NOS/c1-4-11-9-14(17-2)12(10-15(11)18-3)8-13-6-5-7-16-13/h9-10,13,16H,4-8H2,1-3H3. The third-order valence-electron chi connectivity index (χ3n) is 3.69. The molecule has 0 radical (unpaired) electrons. The van der Waals surface area contributed by atoms with Crippen molar-refractivity contribution in [3.63, 3.8) is 0 Å². The Hall–Kier alpha value is -0.670. The third-order valence-corrected chi connectivity index (χ3v) is 4.51. The van der Waals surface area contributed by atoms with E-state index >= 15 is 0 Å². The van der Waals surface area contributed by atoms with E-state index in [4.69, 9.17) is 4.74 Å². The van der Waals surface area contributed by atoms with Crippen LogP contribution in [-0.2, 0) is 12.8 Å². The van der Waals surface area contributed by atoms with Gasteiger partial charge in [0, 0.05) is 10.9 Å². The molecule has 100 valence electrons.